The molecule has 1 aliphatic rings. The molecule has 2 amide bonds. The minimum absolute atomic E-state index is 0.316. The van der Waals surface area contributed by atoms with Crippen LogP contribution >= 0.6 is 0 Å². The van der Waals surface area contributed by atoms with Crippen LogP contribution in [0.1, 0.15) is 11.1 Å². The highest BCUT2D eigenvalue weighted by Crippen LogP contribution is 2.33. The number of amides is 2. The SMILES string of the molecule is COCCNC(=O)C(=O)N1CCc2cc(OC)c(OC)cc2C1. The number of carbonyl (C=O) groups excluding carboxylic acids is 2. The van der Waals surface area contributed by atoms with Gasteiger partial charge in [-0.25, -0.2) is 0 Å². The first-order chi connectivity index (χ1) is 11.1. The number of methoxy groups -OCH3 is 3. The van der Waals surface area contributed by atoms with Crippen molar-refractivity contribution in [3.63, 3.8) is 0 Å². The molecule has 1 aromatic carbocycles. The molecule has 0 radical (unpaired) electrons. The minimum atomic E-state index is -0.606. The molecule has 1 N–H and O–H groups in total. The number of carbonyl (C=O) groups is 2. The van der Waals surface area contributed by atoms with Gasteiger partial charge in [0.2, 0.25) is 0 Å². The van der Waals surface area contributed by atoms with Crippen molar-refractivity contribution in [3.05, 3.63) is 23.3 Å². The van der Waals surface area contributed by atoms with Crippen molar-refractivity contribution < 1.29 is 23.8 Å². The lowest BCUT2D eigenvalue weighted by Crippen LogP contribution is -2.45. The van der Waals surface area contributed by atoms with Crippen LogP contribution in [-0.2, 0) is 27.3 Å². The normalized spacial score (nSPS) is 13.3. The Morgan fingerprint density at radius 1 is 1.13 bits per heavy atom. The third kappa shape index (κ3) is 3.92. The number of nitrogens with one attached hydrogen (secondary N) is 1. The van der Waals surface area contributed by atoms with Gasteiger partial charge in [-0.05, 0) is 29.7 Å². The monoisotopic (exact) mass is 322 g/mol. The number of benzene rings is 1. The molecule has 7 nitrogen and oxygen atoms in total. The molecule has 0 spiro atoms. The number of hydrogen-bond acceptors (Lipinski definition) is 5. The van der Waals surface area contributed by atoms with Crippen molar-refractivity contribution in [2.45, 2.75) is 13.0 Å². The molecule has 1 heterocycles. The molecule has 7 heteroatoms. The first-order valence-corrected chi connectivity index (χ1v) is 7.40. The lowest BCUT2D eigenvalue weighted by atomic mass is 9.98. The van der Waals surface area contributed by atoms with Gasteiger partial charge in [0.1, 0.15) is 0 Å². The van der Waals surface area contributed by atoms with Crippen LogP contribution in [0.5, 0.6) is 11.5 Å². The van der Waals surface area contributed by atoms with Crippen molar-refractivity contribution in [2.24, 2.45) is 0 Å². The van der Waals surface area contributed by atoms with Crippen molar-refractivity contribution in [1.82, 2.24) is 10.2 Å². The third-order valence-corrected chi connectivity index (χ3v) is 3.79. The van der Waals surface area contributed by atoms with Gasteiger partial charge in [-0.2, -0.15) is 0 Å². The van der Waals surface area contributed by atoms with E-state index in [0.717, 1.165) is 11.1 Å². The Morgan fingerprint density at radius 2 is 1.78 bits per heavy atom. The number of ether oxygens (including phenoxy) is 3. The van der Waals surface area contributed by atoms with E-state index in [1.165, 1.54) is 12.0 Å². The summed E-state index contributed by atoms with van der Waals surface area (Å²) in [6.45, 7) is 1.57. The van der Waals surface area contributed by atoms with E-state index >= 15 is 0 Å². The standard InChI is InChI=1S/C16H22N2O5/c1-21-7-5-17-15(19)16(20)18-6-4-11-8-13(22-2)14(23-3)9-12(11)10-18/h8-9H,4-7,10H2,1-3H3,(H,17,19). The quantitative estimate of drug-likeness (QED) is 0.625. The molecular formula is C16H22N2O5. The highest BCUT2D eigenvalue weighted by Gasteiger charge is 2.26. The Bertz CT molecular complexity index is 588. The Balaban J connectivity index is 2.07. The molecule has 0 fully saturated rings. The predicted octanol–water partition coefficient (Wildman–Crippen LogP) is 0.351. The fourth-order valence-corrected chi connectivity index (χ4v) is 2.54. The van der Waals surface area contributed by atoms with Crippen molar-refractivity contribution in [1.29, 1.82) is 0 Å². The van der Waals surface area contributed by atoms with Gasteiger partial charge < -0.3 is 24.4 Å². The van der Waals surface area contributed by atoms with Gasteiger partial charge in [-0.1, -0.05) is 0 Å². The topological polar surface area (TPSA) is 77.1 Å². The van der Waals surface area contributed by atoms with Crippen molar-refractivity contribution in [3.8, 4) is 11.5 Å². The predicted molar refractivity (Wildman–Crippen MR) is 83.6 cm³/mol. The molecule has 0 bridgehead atoms. The van der Waals surface area contributed by atoms with Crippen LogP contribution in [-0.4, -0.2) is 57.7 Å². The molecule has 0 aromatic heterocycles. The lowest BCUT2D eigenvalue weighted by molar-refractivity contribution is -0.146. The molecule has 0 aliphatic carbocycles. The van der Waals surface area contributed by atoms with E-state index in [-0.39, 0.29) is 0 Å². The molecule has 2 rings (SSSR count). The summed E-state index contributed by atoms with van der Waals surface area (Å²) in [6, 6.07) is 3.78. The summed E-state index contributed by atoms with van der Waals surface area (Å²) in [5.41, 5.74) is 2.07. The van der Waals surface area contributed by atoms with Crippen LogP contribution in [0.15, 0.2) is 12.1 Å². The summed E-state index contributed by atoms with van der Waals surface area (Å²) in [5.74, 6) is 0.154. The minimum Gasteiger partial charge on any atom is -0.493 e. The highest BCUT2D eigenvalue weighted by atomic mass is 16.5. The van der Waals surface area contributed by atoms with Crippen LogP contribution in [0.4, 0.5) is 0 Å². The van der Waals surface area contributed by atoms with Crippen LogP contribution in [0.2, 0.25) is 0 Å². The van der Waals surface area contributed by atoms with E-state index in [1.807, 2.05) is 12.1 Å². The largest absolute Gasteiger partial charge is 0.493 e. The highest BCUT2D eigenvalue weighted by molar-refractivity contribution is 6.35. The number of nitrogens with zero attached hydrogens (tertiary/aromatic N) is 1. The molecule has 0 atom stereocenters. The van der Waals surface area contributed by atoms with Crippen LogP contribution < -0.4 is 14.8 Å². The lowest BCUT2D eigenvalue weighted by Gasteiger charge is -2.29. The summed E-state index contributed by atoms with van der Waals surface area (Å²) in [7, 11) is 4.70. The summed E-state index contributed by atoms with van der Waals surface area (Å²) in [4.78, 5) is 25.6. The fourth-order valence-electron chi connectivity index (χ4n) is 2.54. The summed E-state index contributed by atoms with van der Waals surface area (Å²) >= 11 is 0. The maximum atomic E-state index is 12.2. The van der Waals surface area contributed by atoms with Gasteiger partial charge in [0.05, 0.1) is 20.8 Å². The molecule has 23 heavy (non-hydrogen) atoms. The fraction of sp³-hybridized carbons (Fsp3) is 0.500. The van der Waals surface area contributed by atoms with Gasteiger partial charge in [0, 0.05) is 26.7 Å². The Hall–Kier alpha value is -2.28. The van der Waals surface area contributed by atoms with Gasteiger partial charge in [-0.3, -0.25) is 9.59 Å². The Kier molecular flexibility index (Phi) is 5.81. The van der Waals surface area contributed by atoms with Gasteiger partial charge >= 0.3 is 11.8 Å². The molecule has 0 saturated heterocycles. The van der Waals surface area contributed by atoms with E-state index in [2.05, 4.69) is 5.32 Å². The Morgan fingerprint density at radius 3 is 2.39 bits per heavy atom. The van der Waals surface area contributed by atoms with Crippen molar-refractivity contribution >= 4 is 11.8 Å². The van der Waals surface area contributed by atoms with E-state index in [1.54, 1.807) is 14.2 Å². The summed E-state index contributed by atoms with van der Waals surface area (Å²) in [5, 5.41) is 2.55. The molecule has 1 aromatic rings. The smallest absolute Gasteiger partial charge is 0.312 e. The zero-order valence-corrected chi connectivity index (χ0v) is 13.7. The van der Waals surface area contributed by atoms with Gasteiger partial charge in [-0.15, -0.1) is 0 Å². The van der Waals surface area contributed by atoms with E-state index < -0.39 is 11.8 Å². The van der Waals surface area contributed by atoms with Gasteiger partial charge in [0.15, 0.2) is 11.5 Å². The first kappa shape index (κ1) is 17.1. The van der Waals surface area contributed by atoms with E-state index in [0.29, 0.717) is 44.2 Å². The van der Waals surface area contributed by atoms with E-state index in [9.17, 15) is 9.59 Å². The number of hydrogen-bond donors (Lipinski definition) is 1. The third-order valence-electron chi connectivity index (χ3n) is 3.79. The number of fused-ring (bicyclic) bond motifs is 1. The first-order valence-electron chi connectivity index (χ1n) is 7.40. The van der Waals surface area contributed by atoms with E-state index in [4.69, 9.17) is 14.2 Å². The second-order valence-electron chi connectivity index (χ2n) is 5.20. The zero-order valence-electron chi connectivity index (χ0n) is 13.7. The number of rotatable bonds is 5. The van der Waals surface area contributed by atoms with Crippen LogP contribution in [0.3, 0.4) is 0 Å². The Labute approximate surface area is 135 Å². The van der Waals surface area contributed by atoms with Crippen LogP contribution in [0, 0.1) is 0 Å². The van der Waals surface area contributed by atoms with Crippen molar-refractivity contribution in [2.75, 3.05) is 41.0 Å². The van der Waals surface area contributed by atoms with Crippen LogP contribution in [0.25, 0.3) is 0 Å². The average Bonchev–Trinajstić information content (AvgIpc) is 2.59. The second-order valence-corrected chi connectivity index (χ2v) is 5.20. The van der Waals surface area contributed by atoms with Gasteiger partial charge in [0.25, 0.3) is 0 Å². The maximum absolute atomic E-state index is 12.2. The summed E-state index contributed by atoms with van der Waals surface area (Å²) in [6.07, 6.45) is 0.673. The molecule has 0 saturated carbocycles. The molecule has 1 aliphatic heterocycles. The molecule has 0 unspecified atom stereocenters. The average molecular weight is 322 g/mol. The summed E-state index contributed by atoms with van der Waals surface area (Å²) < 4.78 is 15.4. The maximum Gasteiger partial charge on any atom is 0.312 e. The second kappa shape index (κ2) is 7.82. The molecular weight excluding hydrogens is 300 g/mol. The zero-order chi connectivity index (χ0) is 16.8. The molecule has 126 valence electrons.